The van der Waals surface area contributed by atoms with Gasteiger partial charge in [0.15, 0.2) is 0 Å². The van der Waals surface area contributed by atoms with Gasteiger partial charge in [-0.15, -0.1) is 0 Å². The van der Waals surface area contributed by atoms with Crippen LogP contribution in [0.15, 0.2) is 77.7 Å². The van der Waals surface area contributed by atoms with Gasteiger partial charge in [0.25, 0.3) is 10.0 Å². The van der Waals surface area contributed by atoms with Gasteiger partial charge in [-0.2, -0.15) is 0 Å². The highest BCUT2D eigenvalue weighted by Crippen LogP contribution is 2.28. The van der Waals surface area contributed by atoms with E-state index in [4.69, 9.17) is 27.9 Å². The first-order valence-corrected chi connectivity index (χ1v) is 16.1. The van der Waals surface area contributed by atoms with E-state index in [0.29, 0.717) is 40.8 Å². The van der Waals surface area contributed by atoms with Crippen LogP contribution in [0.2, 0.25) is 10.0 Å². The van der Waals surface area contributed by atoms with Crippen LogP contribution in [-0.4, -0.2) is 50.4 Å². The zero-order valence-corrected chi connectivity index (χ0v) is 26.5. The smallest absolute Gasteiger partial charge is 0.264 e. The minimum absolute atomic E-state index is 0.0169. The number of nitrogens with one attached hydrogen (secondary N) is 1. The maximum Gasteiger partial charge on any atom is 0.264 e. The highest BCUT2D eigenvalue weighted by molar-refractivity contribution is 7.92. The van der Waals surface area contributed by atoms with Crippen LogP contribution in [0.1, 0.15) is 46.1 Å². The van der Waals surface area contributed by atoms with Gasteiger partial charge in [0.05, 0.1) is 17.2 Å². The van der Waals surface area contributed by atoms with Crippen LogP contribution in [0, 0.1) is 0 Å². The van der Waals surface area contributed by atoms with Crippen molar-refractivity contribution in [1.82, 2.24) is 10.2 Å². The lowest BCUT2D eigenvalue weighted by Crippen LogP contribution is -2.53. The molecule has 2 atom stereocenters. The number of nitrogens with zero attached hydrogens (tertiary/aromatic N) is 2. The molecule has 3 aromatic rings. The lowest BCUT2D eigenvalue weighted by atomic mass is 10.1. The maximum absolute atomic E-state index is 14.2. The van der Waals surface area contributed by atoms with Gasteiger partial charge in [0, 0.05) is 22.6 Å². The topological polar surface area (TPSA) is 96.0 Å². The Hall–Kier alpha value is -3.27. The summed E-state index contributed by atoms with van der Waals surface area (Å²) in [6, 6.07) is 18.3. The Morgan fingerprint density at radius 1 is 0.905 bits per heavy atom. The predicted octanol–water partition coefficient (Wildman–Crippen LogP) is 6.31. The third kappa shape index (κ3) is 8.40. The highest BCUT2D eigenvalue weighted by Gasteiger charge is 2.34. The first-order chi connectivity index (χ1) is 20.0. The molecular weight excluding hydrogens is 597 g/mol. The number of benzene rings is 3. The lowest BCUT2D eigenvalue weighted by Gasteiger charge is -2.34. The van der Waals surface area contributed by atoms with Crippen LogP contribution < -0.4 is 14.4 Å². The Labute approximate surface area is 258 Å². The molecule has 0 saturated heterocycles. The second kappa shape index (κ2) is 15.3. The molecule has 0 fully saturated rings. The van der Waals surface area contributed by atoms with Gasteiger partial charge in [-0.25, -0.2) is 8.42 Å². The number of hydrogen-bond acceptors (Lipinski definition) is 5. The standard InChI is InChI=1S/C31H37Cl2N3O5S/c1-5-22(4)34-31(38)29(6-2)35(20-23-10-8-9-11-28(23)33)30(37)21-36(25-14-16-26(17-15-25)41-7-3)42(39,40)27-18-12-24(32)13-19-27/h8-19,22,29H,5-7,20-21H2,1-4H3,(H,34,38)/t22-,29+/m1/s1. The fourth-order valence-corrected chi connectivity index (χ4v) is 6.04. The Kier molecular flexibility index (Phi) is 12.1. The summed E-state index contributed by atoms with van der Waals surface area (Å²) < 4.78 is 34.5. The van der Waals surface area contributed by atoms with Crippen molar-refractivity contribution in [3.63, 3.8) is 0 Å². The molecule has 42 heavy (non-hydrogen) atoms. The average Bonchev–Trinajstić information content (AvgIpc) is 2.97. The van der Waals surface area contributed by atoms with Gasteiger partial charge >= 0.3 is 0 Å². The molecule has 0 radical (unpaired) electrons. The summed E-state index contributed by atoms with van der Waals surface area (Å²) in [5.74, 6) is -0.322. The molecule has 11 heteroatoms. The van der Waals surface area contributed by atoms with Gasteiger partial charge in [-0.3, -0.25) is 13.9 Å². The van der Waals surface area contributed by atoms with Crippen molar-refractivity contribution in [2.45, 2.75) is 64.1 Å². The molecule has 1 N–H and O–H groups in total. The lowest BCUT2D eigenvalue weighted by molar-refractivity contribution is -0.140. The quantitative estimate of drug-likeness (QED) is 0.224. The molecule has 0 unspecified atom stereocenters. The van der Waals surface area contributed by atoms with Crippen LogP contribution in [0.25, 0.3) is 0 Å². The monoisotopic (exact) mass is 633 g/mol. The first kappa shape index (κ1) is 33.2. The van der Waals surface area contributed by atoms with Crippen molar-refractivity contribution in [2.75, 3.05) is 17.5 Å². The normalized spacial score (nSPS) is 12.7. The summed E-state index contributed by atoms with van der Waals surface area (Å²) in [6.07, 6.45) is 1.02. The molecule has 2 amide bonds. The van der Waals surface area contributed by atoms with Gasteiger partial charge in [-0.05, 0) is 86.8 Å². The number of halogens is 2. The van der Waals surface area contributed by atoms with Crippen molar-refractivity contribution in [1.29, 1.82) is 0 Å². The molecule has 0 heterocycles. The van der Waals surface area contributed by atoms with E-state index in [1.807, 2.05) is 27.7 Å². The Morgan fingerprint density at radius 3 is 2.12 bits per heavy atom. The number of rotatable bonds is 14. The summed E-state index contributed by atoms with van der Waals surface area (Å²) >= 11 is 12.5. The fraction of sp³-hybridized carbons (Fsp3) is 0.355. The summed E-state index contributed by atoms with van der Waals surface area (Å²) in [7, 11) is -4.22. The van der Waals surface area contributed by atoms with Crippen LogP contribution in [0.3, 0.4) is 0 Å². The third-order valence-corrected chi connectivity index (χ3v) is 9.21. The SMILES string of the molecule is CCOc1ccc(N(CC(=O)N(Cc2ccccc2Cl)[C@@H](CC)C(=O)N[C@H](C)CC)S(=O)(=O)c2ccc(Cl)cc2)cc1. The predicted molar refractivity (Wildman–Crippen MR) is 168 cm³/mol. The van der Waals surface area contributed by atoms with E-state index in [1.165, 1.54) is 29.2 Å². The molecule has 0 aromatic heterocycles. The minimum Gasteiger partial charge on any atom is -0.494 e. The number of ether oxygens (including phenoxy) is 1. The summed E-state index contributed by atoms with van der Waals surface area (Å²) in [4.78, 5) is 28.9. The van der Waals surface area contributed by atoms with Crippen LogP contribution in [0.4, 0.5) is 5.69 Å². The molecule has 0 aliphatic carbocycles. The average molecular weight is 635 g/mol. The Balaban J connectivity index is 2.07. The van der Waals surface area contributed by atoms with Gasteiger partial charge in [0.2, 0.25) is 11.8 Å². The van der Waals surface area contributed by atoms with Crippen molar-refractivity contribution in [3.8, 4) is 5.75 Å². The molecule has 8 nitrogen and oxygen atoms in total. The van der Waals surface area contributed by atoms with E-state index >= 15 is 0 Å². The number of anilines is 1. The number of carbonyl (C=O) groups excluding carboxylic acids is 2. The van der Waals surface area contributed by atoms with E-state index in [1.54, 1.807) is 48.5 Å². The second-order valence-corrected chi connectivity index (χ2v) is 12.5. The van der Waals surface area contributed by atoms with E-state index in [9.17, 15) is 18.0 Å². The molecule has 0 spiro atoms. The zero-order valence-electron chi connectivity index (χ0n) is 24.2. The minimum atomic E-state index is -4.22. The van der Waals surface area contributed by atoms with Crippen LogP contribution in [-0.2, 0) is 26.2 Å². The van der Waals surface area contributed by atoms with E-state index in [2.05, 4.69) is 5.32 Å². The van der Waals surface area contributed by atoms with Gasteiger partial charge in [0.1, 0.15) is 18.3 Å². The highest BCUT2D eigenvalue weighted by atomic mass is 35.5. The Bertz CT molecular complexity index is 1450. The molecule has 0 aliphatic rings. The van der Waals surface area contributed by atoms with Crippen LogP contribution >= 0.6 is 23.2 Å². The van der Waals surface area contributed by atoms with E-state index < -0.39 is 28.5 Å². The number of sulfonamides is 1. The van der Waals surface area contributed by atoms with Crippen LogP contribution in [0.5, 0.6) is 5.75 Å². The Morgan fingerprint density at radius 2 is 1.55 bits per heavy atom. The molecular formula is C31H37Cl2N3O5S. The summed E-state index contributed by atoms with van der Waals surface area (Å²) in [6.45, 7) is 7.39. The van der Waals surface area contributed by atoms with Gasteiger partial charge < -0.3 is 15.0 Å². The van der Waals surface area contributed by atoms with Gasteiger partial charge in [-0.1, -0.05) is 55.2 Å². The number of hydrogen-bond donors (Lipinski definition) is 1. The van der Waals surface area contributed by atoms with E-state index in [-0.39, 0.29) is 29.1 Å². The third-order valence-electron chi connectivity index (χ3n) is 6.80. The molecule has 3 rings (SSSR count). The van der Waals surface area contributed by atoms with Crippen molar-refractivity contribution in [3.05, 3.63) is 88.4 Å². The molecule has 0 bridgehead atoms. The first-order valence-electron chi connectivity index (χ1n) is 13.9. The maximum atomic E-state index is 14.2. The largest absolute Gasteiger partial charge is 0.494 e. The number of amides is 2. The fourth-order valence-electron chi connectivity index (χ4n) is 4.31. The molecule has 226 valence electrons. The summed E-state index contributed by atoms with van der Waals surface area (Å²) in [5.41, 5.74) is 0.895. The van der Waals surface area contributed by atoms with Crippen molar-refractivity contribution in [2.24, 2.45) is 0 Å². The molecule has 0 aliphatic heterocycles. The molecule has 0 saturated carbocycles. The van der Waals surface area contributed by atoms with Crippen molar-refractivity contribution < 1.29 is 22.7 Å². The van der Waals surface area contributed by atoms with E-state index in [0.717, 1.165) is 4.31 Å². The molecule has 3 aromatic carbocycles. The number of carbonyl (C=O) groups is 2. The second-order valence-electron chi connectivity index (χ2n) is 9.75. The van der Waals surface area contributed by atoms with Crippen molar-refractivity contribution >= 4 is 50.7 Å². The summed E-state index contributed by atoms with van der Waals surface area (Å²) in [5, 5.41) is 3.77. The zero-order chi connectivity index (χ0) is 30.9.